The van der Waals surface area contributed by atoms with Gasteiger partial charge in [-0.1, -0.05) is 20.8 Å². The number of nitrogens with one attached hydrogen (secondary N) is 1. The highest BCUT2D eigenvalue weighted by molar-refractivity contribution is 5.78. The molecule has 2 N–H and O–H groups in total. The van der Waals surface area contributed by atoms with Crippen molar-refractivity contribution in [2.45, 2.75) is 52.2 Å². The van der Waals surface area contributed by atoms with Gasteiger partial charge in [-0.15, -0.1) is 0 Å². The molecule has 1 unspecified atom stereocenters. The van der Waals surface area contributed by atoms with Crippen LogP contribution in [-0.2, 0) is 4.79 Å². The van der Waals surface area contributed by atoms with Crippen LogP contribution in [-0.4, -0.2) is 47.2 Å². The summed E-state index contributed by atoms with van der Waals surface area (Å²) >= 11 is 0. The summed E-state index contributed by atoms with van der Waals surface area (Å²) in [5.41, 5.74) is -0.827. The molecule has 1 amide bonds. The van der Waals surface area contributed by atoms with Gasteiger partial charge < -0.3 is 10.4 Å². The van der Waals surface area contributed by atoms with Crippen molar-refractivity contribution in [1.29, 1.82) is 0 Å². The van der Waals surface area contributed by atoms with Gasteiger partial charge in [0, 0.05) is 12.6 Å². The largest absolute Gasteiger partial charge is 0.388 e. The third-order valence-corrected chi connectivity index (χ3v) is 3.70. The number of hydrogen-bond acceptors (Lipinski definition) is 3. The van der Waals surface area contributed by atoms with Gasteiger partial charge in [-0.25, -0.2) is 0 Å². The van der Waals surface area contributed by atoms with E-state index in [1.54, 1.807) is 6.92 Å². The lowest BCUT2D eigenvalue weighted by atomic mass is 9.92. The first-order valence-corrected chi connectivity index (χ1v) is 6.60. The standard InChI is InChI=1S/C13H26N2O2/c1-5-15(11-6-7-11)8-12(16)14-9-13(4,17)10(2)3/h10-11,17H,5-9H2,1-4H3,(H,14,16). The molecule has 1 rings (SSSR count). The maximum Gasteiger partial charge on any atom is 0.234 e. The zero-order valence-electron chi connectivity index (χ0n) is 11.5. The second kappa shape index (κ2) is 5.83. The van der Waals surface area contributed by atoms with Crippen LogP contribution in [0.25, 0.3) is 0 Å². The molecule has 0 aromatic rings. The van der Waals surface area contributed by atoms with Crippen molar-refractivity contribution < 1.29 is 9.90 Å². The predicted molar refractivity (Wildman–Crippen MR) is 68.7 cm³/mol. The van der Waals surface area contributed by atoms with E-state index >= 15 is 0 Å². The summed E-state index contributed by atoms with van der Waals surface area (Å²) in [5.74, 6) is 0.146. The fraction of sp³-hybridized carbons (Fsp3) is 0.923. The molecule has 4 nitrogen and oxygen atoms in total. The van der Waals surface area contributed by atoms with E-state index in [1.807, 2.05) is 13.8 Å². The lowest BCUT2D eigenvalue weighted by Crippen LogP contribution is -2.47. The lowest BCUT2D eigenvalue weighted by Gasteiger charge is -2.28. The van der Waals surface area contributed by atoms with Crippen molar-refractivity contribution >= 4 is 5.91 Å². The molecule has 0 aromatic carbocycles. The Hall–Kier alpha value is -0.610. The summed E-state index contributed by atoms with van der Waals surface area (Å²) in [6.07, 6.45) is 2.43. The van der Waals surface area contributed by atoms with Crippen molar-refractivity contribution in [2.75, 3.05) is 19.6 Å². The summed E-state index contributed by atoms with van der Waals surface area (Å²) in [6.45, 7) is 9.44. The van der Waals surface area contributed by atoms with Crippen LogP contribution >= 0.6 is 0 Å². The predicted octanol–water partition coefficient (Wildman–Crippen LogP) is 0.994. The Kier molecular flexibility index (Phi) is 4.95. The molecule has 0 radical (unpaired) electrons. The van der Waals surface area contributed by atoms with Crippen LogP contribution in [0.5, 0.6) is 0 Å². The number of amides is 1. The minimum atomic E-state index is -0.827. The molecule has 1 fully saturated rings. The summed E-state index contributed by atoms with van der Waals surface area (Å²) in [4.78, 5) is 13.9. The van der Waals surface area contributed by atoms with Gasteiger partial charge in [-0.05, 0) is 32.2 Å². The third-order valence-electron chi connectivity index (χ3n) is 3.70. The molecule has 0 heterocycles. The summed E-state index contributed by atoms with van der Waals surface area (Å²) in [7, 11) is 0. The Morgan fingerprint density at radius 3 is 2.53 bits per heavy atom. The summed E-state index contributed by atoms with van der Waals surface area (Å²) in [6, 6.07) is 0.608. The van der Waals surface area contributed by atoms with Crippen molar-refractivity contribution in [3.8, 4) is 0 Å². The first-order valence-electron chi connectivity index (χ1n) is 6.60. The molecule has 100 valence electrons. The molecule has 0 saturated heterocycles. The number of carbonyl (C=O) groups excluding carboxylic acids is 1. The Labute approximate surface area is 104 Å². The van der Waals surface area contributed by atoms with Crippen LogP contribution in [0.1, 0.15) is 40.5 Å². The minimum absolute atomic E-state index is 0.0136. The average Bonchev–Trinajstić information content (AvgIpc) is 3.06. The second-order valence-corrected chi connectivity index (χ2v) is 5.58. The molecule has 0 aromatic heterocycles. The van der Waals surface area contributed by atoms with E-state index in [-0.39, 0.29) is 11.8 Å². The topological polar surface area (TPSA) is 52.6 Å². The van der Waals surface area contributed by atoms with Gasteiger partial charge >= 0.3 is 0 Å². The van der Waals surface area contributed by atoms with E-state index in [0.29, 0.717) is 19.1 Å². The van der Waals surface area contributed by atoms with Crippen molar-refractivity contribution in [1.82, 2.24) is 10.2 Å². The first kappa shape index (κ1) is 14.5. The monoisotopic (exact) mass is 242 g/mol. The Balaban J connectivity index is 2.29. The smallest absolute Gasteiger partial charge is 0.234 e. The van der Waals surface area contributed by atoms with Crippen molar-refractivity contribution in [2.24, 2.45) is 5.92 Å². The van der Waals surface area contributed by atoms with Gasteiger partial charge in [0.1, 0.15) is 0 Å². The van der Waals surface area contributed by atoms with Crippen LogP contribution in [0.15, 0.2) is 0 Å². The van der Waals surface area contributed by atoms with E-state index in [0.717, 1.165) is 6.54 Å². The normalized spacial score (nSPS) is 19.5. The van der Waals surface area contributed by atoms with E-state index in [2.05, 4.69) is 17.1 Å². The van der Waals surface area contributed by atoms with Gasteiger partial charge in [0.2, 0.25) is 5.91 Å². The van der Waals surface area contributed by atoms with E-state index in [9.17, 15) is 9.90 Å². The Morgan fingerprint density at radius 2 is 2.12 bits per heavy atom. The van der Waals surface area contributed by atoms with E-state index in [4.69, 9.17) is 0 Å². The molecule has 1 saturated carbocycles. The Bertz CT molecular complexity index is 260. The fourth-order valence-corrected chi connectivity index (χ4v) is 1.66. The molecule has 1 aliphatic rings. The van der Waals surface area contributed by atoms with Gasteiger partial charge in [0.15, 0.2) is 0 Å². The SMILES string of the molecule is CCN(CC(=O)NCC(C)(O)C(C)C)C1CC1. The lowest BCUT2D eigenvalue weighted by molar-refractivity contribution is -0.123. The molecular formula is C13H26N2O2. The molecule has 4 heteroatoms. The molecule has 1 aliphatic carbocycles. The van der Waals surface area contributed by atoms with Crippen molar-refractivity contribution in [3.63, 3.8) is 0 Å². The highest BCUT2D eigenvalue weighted by Gasteiger charge is 2.30. The van der Waals surface area contributed by atoms with Gasteiger partial charge in [0.25, 0.3) is 0 Å². The zero-order chi connectivity index (χ0) is 13.1. The number of likely N-dealkylation sites (N-methyl/N-ethyl adjacent to an activating group) is 1. The van der Waals surface area contributed by atoms with E-state index in [1.165, 1.54) is 12.8 Å². The minimum Gasteiger partial charge on any atom is -0.388 e. The molecule has 1 atom stereocenters. The second-order valence-electron chi connectivity index (χ2n) is 5.58. The molecule has 0 bridgehead atoms. The van der Waals surface area contributed by atoms with Crippen molar-refractivity contribution in [3.05, 3.63) is 0 Å². The van der Waals surface area contributed by atoms with Crippen LogP contribution in [0.3, 0.4) is 0 Å². The van der Waals surface area contributed by atoms with Gasteiger partial charge in [-0.2, -0.15) is 0 Å². The van der Waals surface area contributed by atoms with Crippen LogP contribution in [0.2, 0.25) is 0 Å². The van der Waals surface area contributed by atoms with Crippen LogP contribution in [0.4, 0.5) is 0 Å². The number of hydrogen-bond donors (Lipinski definition) is 2. The quantitative estimate of drug-likeness (QED) is 0.700. The number of rotatable bonds is 7. The Morgan fingerprint density at radius 1 is 1.53 bits per heavy atom. The highest BCUT2D eigenvalue weighted by Crippen LogP contribution is 2.26. The van der Waals surface area contributed by atoms with Crippen LogP contribution in [0, 0.1) is 5.92 Å². The zero-order valence-corrected chi connectivity index (χ0v) is 11.5. The van der Waals surface area contributed by atoms with Gasteiger partial charge in [0.05, 0.1) is 12.1 Å². The molecule has 0 aliphatic heterocycles. The van der Waals surface area contributed by atoms with Gasteiger partial charge in [-0.3, -0.25) is 9.69 Å². The van der Waals surface area contributed by atoms with Crippen LogP contribution < -0.4 is 5.32 Å². The van der Waals surface area contributed by atoms with E-state index < -0.39 is 5.60 Å². The maximum atomic E-state index is 11.7. The summed E-state index contributed by atoms with van der Waals surface area (Å²) < 4.78 is 0. The number of nitrogens with zero attached hydrogens (tertiary/aromatic N) is 1. The molecule has 0 spiro atoms. The summed E-state index contributed by atoms with van der Waals surface area (Å²) in [5, 5.41) is 12.8. The number of carbonyl (C=O) groups is 1. The fourth-order valence-electron chi connectivity index (χ4n) is 1.66. The molecular weight excluding hydrogens is 216 g/mol. The number of aliphatic hydroxyl groups is 1. The first-order chi connectivity index (χ1) is 7.86. The average molecular weight is 242 g/mol. The highest BCUT2D eigenvalue weighted by atomic mass is 16.3. The molecule has 17 heavy (non-hydrogen) atoms. The maximum absolute atomic E-state index is 11.7. The third kappa shape index (κ3) is 4.64.